The van der Waals surface area contributed by atoms with Crippen LogP contribution in [0.1, 0.15) is 34.6 Å². The van der Waals surface area contributed by atoms with Gasteiger partial charge < -0.3 is 5.32 Å². The first-order chi connectivity index (χ1) is 8.53. The number of carbonyl (C=O) groups excluding carboxylic acids is 2. The third-order valence-electron chi connectivity index (χ3n) is 4.05. The van der Waals surface area contributed by atoms with E-state index in [1.165, 1.54) is 0 Å². The predicted molar refractivity (Wildman–Crippen MR) is 67.2 cm³/mol. The van der Waals surface area contributed by atoms with Crippen LogP contribution < -0.4 is 5.32 Å². The lowest BCUT2D eigenvalue weighted by Gasteiger charge is -2.20. The highest BCUT2D eigenvalue weighted by Crippen LogP contribution is 2.34. The number of rotatable bonds is 0. The summed E-state index contributed by atoms with van der Waals surface area (Å²) < 4.78 is 0.477. The minimum absolute atomic E-state index is 0.0145. The van der Waals surface area contributed by atoms with E-state index in [1.54, 1.807) is 24.3 Å². The highest BCUT2D eigenvalue weighted by atomic mass is 16.2. The van der Waals surface area contributed by atoms with Gasteiger partial charge >= 0.3 is 5.91 Å². The van der Waals surface area contributed by atoms with Crippen molar-refractivity contribution in [3.05, 3.63) is 35.4 Å². The van der Waals surface area contributed by atoms with E-state index in [0.29, 0.717) is 28.2 Å². The minimum Gasteiger partial charge on any atom is -0.344 e. The Kier molecular flexibility index (Phi) is 2.32. The van der Waals surface area contributed by atoms with Gasteiger partial charge in [0.15, 0.2) is 0 Å². The molecule has 1 fully saturated rings. The lowest BCUT2D eigenvalue weighted by Crippen LogP contribution is -2.46. The first kappa shape index (κ1) is 11.4. The monoisotopic (exact) mass is 245 g/mol. The molecule has 4 nitrogen and oxygen atoms in total. The van der Waals surface area contributed by atoms with Crippen molar-refractivity contribution in [2.24, 2.45) is 0 Å². The van der Waals surface area contributed by atoms with Gasteiger partial charge in [0.05, 0.1) is 11.6 Å². The van der Waals surface area contributed by atoms with Crippen LogP contribution in [0.4, 0.5) is 0 Å². The molecule has 3 unspecified atom stereocenters. The van der Waals surface area contributed by atoms with Gasteiger partial charge in [0.2, 0.25) is 0 Å². The molecule has 0 aliphatic carbocycles. The van der Waals surface area contributed by atoms with Crippen LogP contribution in [0.5, 0.6) is 0 Å². The summed E-state index contributed by atoms with van der Waals surface area (Å²) in [6.45, 7) is 5.62. The van der Waals surface area contributed by atoms with E-state index in [2.05, 4.69) is 12.2 Å². The van der Waals surface area contributed by atoms with Crippen molar-refractivity contribution in [3.63, 3.8) is 0 Å². The number of amides is 2. The van der Waals surface area contributed by atoms with Crippen LogP contribution in [0.25, 0.3) is 0 Å². The number of hydrogen-bond acceptors (Lipinski definition) is 2. The average molecular weight is 245 g/mol. The number of hydrogen-bond donors (Lipinski definition) is 1. The van der Waals surface area contributed by atoms with E-state index in [0.717, 1.165) is 6.54 Å². The lowest BCUT2D eigenvalue weighted by atomic mass is 10.1. The maximum atomic E-state index is 12.6. The van der Waals surface area contributed by atoms with E-state index in [1.807, 2.05) is 6.92 Å². The summed E-state index contributed by atoms with van der Waals surface area (Å²) in [6.07, 6.45) is 0. The molecule has 1 N–H and O–H groups in total. The van der Waals surface area contributed by atoms with Crippen molar-refractivity contribution < 1.29 is 14.1 Å². The standard InChI is InChI=1S/C14H16N2O2/c1-9-7-16(8-10(16)2)14(18)12-5-3-4-11(6-12)13(17)15-9/h3-6,9-10H,7-8H2,1-2H3/p+1. The van der Waals surface area contributed by atoms with Gasteiger partial charge in [-0.25, -0.2) is 9.28 Å². The van der Waals surface area contributed by atoms with Crippen LogP contribution in [0.2, 0.25) is 0 Å². The normalized spacial score (nSPS) is 34.6. The second-order valence-electron chi connectivity index (χ2n) is 5.51. The Morgan fingerprint density at radius 2 is 1.83 bits per heavy atom. The van der Waals surface area contributed by atoms with Crippen molar-refractivity contribution in [3.8, 4) is 0 Å². The SMILES string of the molecule is CC1C[N+]2(CC2C)C(=O)c2cccc(c2)C(=O)N1. The molecule has 2 aliphatic rings. The third kappa shape index (κ3) is 1.56. The predicted octanol–water partition coefficient (Wildman–Crippen LogP) is 1.18. The van der Waals surface area contributed by atoms with E-state index in [-0.39, 0.29) is 17.9 Å². The van der Waals surface area contributed by atoms with Crippen molar-refractivity contribution >= 4 is 11.8 Å². The van der Waals surface area contributed by atoms with E-state index >= 15 is 0 Å². The number of carbonyl (C=O) groups is 2. The van der Waals surface area contributed by atoms with Gasteiger partial charge in [-0.15, -0.1) is 0 Å². The van der Waals surface area contributed by atoms with Gasteiger partial charge in [-0.3, -0.25) is 4.79 Å². The molecule has 4 heteroatoms. The highest BCUT2D eigenvalue weighted by molar-refractivity contribution is 5.98. The summed E-state index contributed by atoms with van der Waals surface area (Å²) in [5.74, 6) is 0.0550. The Morgan fingerprint density at radius 3 is 2.50 bits per heavy atom. The Bertz CT molecular complexity index is 540. The third-order valence-corrected chi connectivity index (χ3v) is 4.05. The first-order valence-corrected chi connectivity index (χ1v) is 6.35. The Balaban J connectivity index is 2.09. The maximum absolute atomic E-state index is 12.6. The summed E-state index contributed by atoms with van der Waals surface area (Å²) in [7, 11) is 0. The van der Waals surface area contributed by atoms with Gasteiger partial charge in [0.25, 0.3) is 5.91 Å². The van der Waals surface area contributed by atoms with Crippen LogP contribution in [0.3, 0.4) is 0 Å². The second-order valence-corrected chi connectivity index (χ2v) is 5.51. The fourth-order valence-electron chi connectivity index (χ4n) is 2.94. The maximum Gasteiger partial charge on any atom is 0.346 e. The number of quaternary nitrogens is 1. The molecule has 2 aliphatic heterocycles. The van der Waals surface area contributed by atoms with Crippen molar-refractivity contribution in [2.45, 2.75) is 25.9 Å². The largest absolute Gasteiger partial charge is 0.346 e. The van der Waals surface area contributed by atoms with Crippen molar-refractivity contribution in [1.29, 1.82) is 0 Å². The van der Waals surface area contributed by atoms with Crippen molar-refractivity contribution in [1.82, 2.24) is 5.32 Å². The summed E-state index contributed by atoms with van der Waals surface area (Å²) in [4.78, 5) is 24.6. The number of nitrogens with zero attached hydrogens (tertiary/aromatic N) is 1. The molecule has 1 aromatic carbocycles. The molecular formula is C14H17N2O2+. The average Bonchev–Trinajstić information content (AvgIpc) is 2.98. The van der Waals surface area contributed by atoms with E-state index in [4.69, 9.17) is 0 Å². The molecule has 3 rings (SSSR count). The summed E-state index contributed by atoms with van der Waals surface area (Å²) in [6, 6.07) is 7.42. The zero-order valence-electron chi connectivity index (χ0n) is 10.6. The van der Waals surface area contributed by atoms with Crippen LogP contribution in [-0.2, 0) is 0 Å². The molecule has 1 saturated heterocycles. The molecular weight excluding hydrogens is 228 g/mol. The highest BCUT2D eigenvalue weighted by Gasteiger charge is 2.58. The van der Waals surface area contributed by atoms with E-state index in [9.17, 15) is 9.59 Å². The quantitative estimate of drug-likeness (QED) is 0.551. The zero-order valence-corrected chi connectivity index (χ0v) is 10.6. The molecule has 2 amide bonds. The molecule has 3 atom stereocenters. The zero-order chi connectivity index (χ0) is 12.9. The van der Waals surface area contributed by atoms with Gasteiger partial charge in [-0.05, 0) is 32.0 Å². The smallest absolute Gasteiger partial charge is 0.344 e. The lowest BCUT2D eigenvalue weighted by molar-refractivity contribution is -0.726. The summed E-state index contributed by atoms with van der Waals surface area (Å²) >= 11 is 0. The van der Waals surface area contributed by atoms with Crippen LogP contribution in [0.15, 0.2) is 24.3 Å². The fourth-order valence-corrected chi connectivity index (χ4v) is 2.94. The number of benzene rings is 1. The molecule has 94 valence electrons. The molecule has 2 heterocycles. The molecule has 18 heavy (non-hydrogen) atoms. The number of fused-ring (bicyclic) bond motifs is 2. The number of nitrogens with one attached hydrogen (secondary N) is 1. The fraction of sp³-hybridized carbons (Fsp3) is 0.429. The molecule has 1 spiro atoms. The summed E-state index contributed by atoms with van der Waals surface area (Å²) in [5, 5.41) is 2.96. The Morgan fingerprint density at radius 1 is 1.17 bits per heavy atom. The second kappa shape index (κ2) is 3.65. The minimum atomic E-state index is -0.0910. The van der Waals surface area contributed by atoms with Crippen molar-refractivity contribution in [2.75, 3.05) is 13.1 Å². The molecule has 0 radical (unpaired) electrons. The van der Waals surface area contributed by atoms with Gasteiger partial charge in [0, 0.05) is 5.56 Å². The van der Waals surface area contributed by atoms with Crippen LogP contribution in [0, 0.1) is 0 Å². The molecule has 2 bridgehead atoms. The van der Waals surface area contributed by atoms with Crippen LogP contribution in [-0.4, -0.2) is 41.5 Å². The first-order valence-electron chi connectivity index (χ1n) is 6.35. The molecule has 1 aromatic rings. The van der Waals surface area contributed by atoms with Gasteiger partial charge in [-0.2, -0.15) is 0 Å². The van der Waals surface area contributed by atoms with E-state index < -0.39 is 0 Å². The topological polar surface area (TPSA) is 46.2 Å². The van der Waals surface area contributed by atoms with Crippen LogP contribution >= 0.6 is 0 Å². The Hall–Kier alpha value is -1.68. The van der Waals surface area contributed by atoms with Gasteiger partial charge in [-0.1, -0.05) is 6.07 Å². The van der Waals surface area contributed by atoms with Gasteiger partial charge in [0.1, 0.15) is 19.1 Å². The molecule has 0 aromatic heterocycles. The molecule has 0 saturated carbocycles. The Labute approximate surface area is 106 Å². The summed E-state index contributed by atoms with van der Waals surface area (Å²) in [5.41, 5.74) is 1.23.